The first-order chi connectivity index (χ1) is 7.81. The molecular formula is C11H20N2O3. The van der Waals surface area contributed by atoms with Gasteiger partial charge in [-0.15, -0.1) is 0 Å². The third-order valence-electron chi connectivity index (χ3n) is 3.41. The van der Waals surface area contributed by atoms with Gasteiger partial charge in [-0.2, -0.15) is 0 Å². The van der Waals surface area contributed by atoms with E-state index in [0.717, 1.165) is 19.4 Å². The van der Waals surface area contributed by atoms with E-state index in [4.69, 9.17) is 4.74 Å². The monoisotopic (exact) mass is 228 g/mol. The fourth-order valence-electron chi connectivity index (χ4n) is 2.40. The van der Waals surface area contributed by atoms with Crippen LogP contribution in [0, 0.1) is 0 Å². The lowest BCUT2D eigenvalue weighted by atomic mass is 10.2. The lowest BCUT2D eigenvalue weighted by Crippen LogP contribution is -2.47. The van der Waals surface area contributed by atoms with Crippen molar-refractivity contribution in [2.24, 2.45) is 0 Å². The van der Waals surface area contributed by atoms with Gasteiger partial charge < -0.3 is 14.7 Å². The summed E-state index contributed by atoms with van der Waals surface area (Å²) in [6, 6.07) is 0.185. The van der Waals surface area contributed by atoms with E-state index in [0.29, 0.717) is 32.8 Å². The summed E-state index contributed by atoms with van der Waals surface area (Å²) < 4.78 is 5.21. The minimum absolute atomic E-state index is 0.163. The molecule has 0 aliphatic carbocycles. The predicted molar refractivity (Wildman–Crippen MR) is 59.1 cm³/mol. The van der Waals surface area contributed by atoms with E-state index in [2.05, 4.69) is 4.90 Å². The second-order valence-electron chi connectivity index (χ2n) is 4.44. The zero-order valence-corrected chi connectivity index (χ0v) is 9.60. The van der Waals surface area contributed by atoms with Crippen LogP contribution in [-0.4, -0.2) is 72.9 Å². The smallest absolute Gasteiger partial charge is 0.236 e. The number of aliphatic hydroxyl groups is 1. The van der Waals surface area contributed by atoms with Crippen LogP contribution in [0.1, 0.15) is 12.8 Å². The van der Waals surface area contributed by atoms with Gasteiger partial charge in [0, 0.05) is 19.1 Å². The number of ether oxygens (including phenoxy) is 1. The zero-order chi connectivity index (χ0) is 11.4. The quantitative estimate of drug-likeness (QED) is 0.694. The number of carbonyl (C=O) groups is 1. The summed E-state index contributed by atoms with van der Waals surface area (Å²) in [7, 11) is 0. The Morgan fingerprint density at radius 3 is 2.75 bits per heavy atom. The van der Waals surface area contributed by atoms with Gasteiger partial charge in [-0.05, 0) is 19.4 Å². The first-order valence-corrected chi connectivity index (χ1v) is 6.01. The second kappa shape index (κ2) is 5.61. The second-order valence-corrected chi connectivity index (χ2v) is 4.44. The summed E-state index contributed by atoms with van der Waals surface area (Å²) in [5.41, 5.74) is 0. The minimum atomic E-state index is 0.163. The number of aliphatic hydroxyl groups excluding tert-OH is 1. The Morgan fingerprint density at radius 1 is 1.31 bits per heavy atom. The molecule has 5 nitrogen and oxygen atoms in total. The number of nitrogens with zero attached hydrogens (tertiary/aromatic N) is 2. The van der Waals surface area contributed by atoms with Crippen LogP contribution < -0.4 is 0 Å². The highest BCUT2D eigenvalue weighted by Crippen LogP contribution is 2.16. The van der Waals surface area contributed by atoms with Crippen LogP contribution in [0.4, 0.5) is 0 Å². The molecule has 0 aromatic carbocycles. The van der Waals surface area contributed by atoms with Crippen molar-refractivity contribution in [1.82, 2.24) is 9.80 Å². The molecule has 1 amide bonds. The molecule has 0 aromatic heterocycles. The molecule has 2 aliphatic heterocycles. The number of carbonyl (C=O) groups excluding carboxylic acids is 1. The molecule has 2 rings (SSSR count). The molecule has 0 spiro atoms. The van der Waals surface area contributed by atoms with E-state index in [1.165, 1.54) is 0 Å². The molecule has 2 aliphatic rings. The van der Waals surface area contributed by atoms with Gasteiger partial charge in [-0.3, -0.25) is 9.69 Å². The van der Waals surface area contributed by atoms with Crippen LogP contribution in [-0.2, 0) is 9.53 Å². The standard InChI is InChI=1S/C11H20N2O3/c14-9-10-2-1-3-13(10)8-11(15)12-4-6-16-7-5-12/h10,14H,1-9H2/t10-/m0/s1. The molecule has 1 atom stereocenters. The van der Waals surface area contributed by atoms with Crippen molar-refractivity contribution in [3.05, 3.63) is 0 Å². The lowest BCUT2D eigenvalue weighted by molar-refractivity contribution is -0.136. The number of morpholine rings is 1. The van der Waals surface area contributed by atoms with Crippen molar-refractivity contribution >= 4 is 5.91 Å². The number of hydrogen-bond donors (Lipinski definition) is 1. The third-order valence-corrected chi connectivity index (χ3v) is 3.41. The zero-order valence-electron chi connectivity index (χ0n) is 9.60. The van der Waals surface area contributed by atoms with Crippen LogP contribution >= 0.6 is 0 Å². The van der Waals surface area contributed by atoms with E-state index >= 15 is 0 Å². The van der Waals surface area contributed by atoms with Crippen LogP contribution in [0.15, 0.2) is 0 Å². The van der Waals surface area contributed by atoms with Crippen molar-refractivity contribution in [3.63, 3.8) is 0 Å². The van der Waals surface area contributed by atoms with Gasteiger partial charge in [0.25, 0.3) is 0 Å². The van der Waals surface area contributed by atoms with Gasteiger partial charge >= 0.3 is 0 Å². The Labute approximate surface area is 96.0 Å². The summed E-state index contributed by atoms with van der Waals surface area (Å²) in [4.78, 5) is 15.9. The maximum Gasteiger partial charge on any atom is 0.236 e. The molecule has 2 heterocycles. The fourth-order valence-corrected chi connectivity index (χ4v) is 2.40. The highest BCUT2D eigenvalue weighted by atomic mass is 16.5. The number of likely N-dealkylation sites (tertiary alicyclic amines) is 1. The minimum Gasteiger partial charge on any atom is -0.395 e. The average Bonchev–Trinajstić information content (AvgIpc) is 2.77. The normalized spacial score (nSPS) is 27.3. The molecule has 92 valence electrons. The highest BCUT2D eigenvalue weighted by Gasteiger charge is 2.27. The van der Waals surface area contributed by atoms with Gasteiger partial charge in [0.15, 0.2) is 0 Å². The molecule has 5 heteroatoms. The van der Waals surface area contributed by atoms with Gasteiger partial charge in [-0.1, -0.05) is 0 Å². The van der Waals surface area contributed by atoms with Crippen LogP contribution in [0.3, 0.4) is 0 Å². The maximum atomic E-state index is 12.0. The van der Waals surface area contributed by atoms with Crippen molar-refractivity contribution in [3.8, 4) is 0 Å². The maximum absolute atomic E-state index is 12.0. The predicted octanol–water partition coefficient (Wildman–Crippen LogP) is -0.698. The van der Waals surface area contributed by atoms with Crippen LogP contribution in [0.5, 0.6) is 0 Å². The number of rotatable bonds is 3. The largest absolute Gasteiger partial charge is 0.395 e. The van der Waals surface area contributed by atoms with Crippen LogP contribution in [0.2, 0.25) is 0 Å². The van der Waals surface area contributed by atoms with Crippen LogP contribution in [0.25, 0.3) is 0 Å². The summed E-state index contributed by atoms with van der Waals surface area (Å²) >= 11 is 0. The van der Waals surface area contributed by atoms with Crippen molar-refractivity contribution in [2.75, 3.05) is 46.0 Å². The number of amides is 1. The van der Waals surface area contributed by atoms with Gasteiger partial charge in [-0.25, -0.2) is 0 Å². The SMILES string of the molecule is O=C(CN1CCC[C@H]1CO)N1CCOCC1. The molecule has 1 N–H and O–H groups in total. The first-order valence-electron chi connectivity index (χ1n) is 6.01. The molecule has 0 saturated carbocycles. The lowest BCUT2D eigenvalue weighted by Gasteiger charge is -2.30. The molecule has 2 fully saturated rings. The summed E-state index contributed by atoms with van der Waals surface area (Å²) in [6.45, 7) is 4.25. The Kier molecular flexibility index (Phi) is 4.15. The average molecular weight is 228 g/mol. The summed E-state index contributed by atoms with van der Waals surface area (Å²) in [5, 5.41) is 9.17. The Balaban J connectivity index is 1.81. The van der Waals surface area contributed by atoms with E-state index in [1.54, 1.807) is 0 Å². The van der Waals surface area contributed by atoms with E-state index in [9.17, 15) is 9.90 Å². The number of hydrogen-bond acceptors (Lipinski definition) is 4. The van der Waals surface area contributed by atoms with Gasteiger partial charge in [0.1, 0.15) is 0 Å². The van der Waals surface area contributed by atoms with Crippen molar-refractivity contribution < 1.29 is 14.6 Å². The topological polar surface area (TPSA) is 53.0 Å². The summed E-state index contributed by atoms with van der Waals surface area (Å²) in [5.74, 6) is 0.170. The molecule has 0 radical (unpaired) electrons. The van der Waals surface area contributed by atoms with Gasteiger partial charge in [0.05, 0.1) is 26.4 Å². The molecule has 0 bridgehead atoms. The van der Waals surface area contributed by atoms with Gasteiger partial charge in [0.2, 0.25) is 5.91 Å². The van der Waals surface area contributed by atoms with E-state index in [1.807, 2.05) is 4.90 Å². The molecule has 2 saturated heterocycles. The van der Waals surface area contributed by atoms with E-state index in [-0.39, 0.29) is 18.6 Å². The Morgan fingerprint density at radius 2 is 2.06 bits per heavy atom. The Hall–Kier alpha value is -0.650. The molecule has 0 aromatic rings. The van der Waals surface area contributed by atoms with Crippen molar-refractivity contribution in [1.29, 1.82) is 0 Å². The molecular weight excluding hydrogens is 208 g/mol. The third kappa shape index (κ3) is 2.72. The van der Waals surface area contributed by atoms with E-state index < -0.39 is 0 Å². The fraction of sp³-hybridized carbons (Fsp3) is 0.909. The summed E-state index contributed by atoms with van der Waals surface area (Å²) in [6.07, 6.45) is 2.09. The first kappa shape index (κ1) is 11.8. The molecule has 16 heavy (non-hydrogen) atoms. The van der Waals surface area contributed by atoms with Crippen molar-refractivity contribution in [2.45, 2.75) is 18.9 Å². The highest BCUT2D eigenvalue weighted by molar-refractivity contribution is 5.78. The Bertz CT molecular complexity index is 241. The molecule has 0 unspecified atom stereocenters.